The van der Waals surface area contributed by atoms with E-state index in [9.17, 15) is 19.9 Å². The van der Waals surface area contributed by atoms with Gasteiger partial charge in [-0.25, -0.2) is 0 Å². The Morgan fingerprint density at radius 3 is 2.64 bits per heavy atom. The summed E-state index contributed by atoms with van der Waals surface area (Å²) < 4.78 is 5.84. The molecule has 10 heteroatoms. The predicted molar refractivity (Wildman–Crippen MR) is 110 cm³/mol. The maximum atomic E-state index is 13.0. The third-order valence-electron chi connectivity index (χ3n) is 5.75. The van der Waals surface area contributed by atoms with Crippen LogP contribution in [-0.4, -0.2) is 88.1 Å². The van der Waals surface area contributed by atoms with Crippen LogP contribution in [0.15, 0.2) is 5.18 Å². The van der Waals surface area contributed by atoms with Crippen LogP contribution in [0.3, 0.4) is 0 Å². The van der Waals surface area contributed by atoms with Crippen LogP contribution in [0, 0.1) is 10.8 Å². The van der Waals surface area contributed by atoms with Crippen LogP contribution < -0.4 is 5.32 Å². The summed E-state index contributed by atoms with van der Waals surface area (Å²) in [5, 5.41) is 25.8. The fourth-order valence-electron chi connectivity index (χ4n) is 4.24. The van der Waals surface area contributed by atoms with Crippen molar-refractivity contribution < 1.29 is 19.7 Å². The van der Waals surface area contributed by atoms with Crippen molar-refractivity contribution in [2.45, 2.75) is 80.4 Å². The average molecular weight is 438 g/mol. The number of nitroso groups, excluding NO2 is 1. The Hall–Kier alpha value is -0.450. The lowest BCUT2D eigenvalue weighted by molar-refractivity contribution is -0.157. The van der Waals surface area contributed by atoms with Crippen molar-refractivity contribution >= 4 is 29.3 Å². The van der Waals surface area contributed by atoms with Crippen molar-refractivity contribution in [1.82, 2.24) is 10.2 Å². The van der Waals surface area contributed by atoms with E-state index >= 15 is 0 Å². The number of alkyl halides is 1. The minimum atomic E-state index is -1.38. The quantitative estimate of drug-likeness (QED) is 0.386. The summed E-state index contributed by atoms with van der Waals surface area (Å²) in [5.41, 5.74) is -0.740. The summed E-state index contributed by atoms with van der Waals surface area (Å²) in [4.78, 5) is 26.4. The highest BCUT2D eigenvalue weighted by Crippen LogP contribution is 2.32. The van der Waals surface area contributed by atoms with E-state index in [0.717, 1.165) is 25.8 Å². The van der Waals surface area contributed by atoms with Crippen molar-refractivity contribution in [2.75, 3.05) is 19.8 Å². The van der Waals surface area contributed by atoms with Gasteiger partial charge in [0.15, 0.2) is 0 Å². The fraction of sp³-hybridized carbons (Fsp3) is 0.944. The Morgan fingerprint density at radius 1 is 1.43 bits per heavy atom. The number of aliphatic hydroxyl groups is 2. The first-order valence-corrected chi connectivity index (χ1v) is 11.5. The molecular formula is C18H32ClN3O5S. The first-order valence-electron chi connectivity index (χ1n) is 9.76. The molecule has 9 unspecified atom stereocenters. The molecule has 2 heterocycles. The number of hydrogen-bond acceptors (Lipinski definition) is 8. The van der Waals surface area contributed by atoms with Gasteiger partial charge in [0.25, 0.3) is 0 Å². The zero-order chi connectivity index (χ0) is 21.0. The largest absolute Gasteiger partial charge is 0.388 e. The number of likely N-dealkylation sites (N-methyl/N-ethyl adjacent to an activating group) is 1. The van der Waals surface area contributed by atoms with Gasteiger partial charge in [-0.15, -0.1) is 23.4 Å². The number of nitrogens with one attached hydrogen (secondary N) is 1. The molecule has 28 heavy (non-hydrogen) atoms. The highest BCUT2D eigenvalue weighted by atomic mass is 35.5. The Kier molecular flexibility index (Phi) is 8.97. The number of aliphatic hydroxyl groups excluding tert-OH is 2. The zero-order valence-corrected chi connectivity index (χ0v) is 18.4. The molecule has 2 aliphatic heterocycles. The highest BCUT2D eigenvalue weighted by Gasteiger charge is 2.50. The van der Waals surface area contributed by atoms with Gasteiger partial charge in [0.2, 0.25) is 5.91 Å². The molecule has 2 fully saturated rings. The molecule has 0 aliphatic carbocycles. The van der Waals surface area contributed by atoms with Gasteiger partial charge in [-0.3, -0.25) is 9.69 Å². The summed E-state index contributed by atoms with van der Waals surface area (Å²) >= 11 is 7.55. The van der Waals surface area contributed by atoms with Crippen LogP contribution in [0.1, 0.15) is 33.1 Å². The van der Waals surface area contributed by atoms with E-state index in [1.54, 1.807) is 13.2 Å². The van der Waals surface area contributed by atoms with Gasteiger partial charge in [-0.05, 0) is 39.0 Å². The number of ether oxygens (including phenoxy) is 1. The maximum absolute atomic E-state index is 13.0. The van der Waals surface area contributed by atoms with Gasteiger partial charge in [0.1, 0.15) is 29.8 Å². The van der Waals surface area contributed by atoms with Crippen LogP contribution in [0.25, 0.3) is 0 Å². The van der Waals surface area contributed by atoms with Crippen molar-refractivity contribution in [1.29, 1.82) is 0 Å². The van der Waals surface area contributed by atoms with Gasteiger partial charge in [-0.2, -0.15) is 4.91 Å². The fourth-order valence-corrected chi connectivity index (χ4v) is 5.12. The molecule has 0 aromatic carbocycles. The molecule has 0 saturated carbocycles. The first-order chi connectivity index (χ1) is 13.2. The number of carbonyl (C=O) groups excluding carboxylic acids is 1. The van der Waals surface area contributed by atoms with E-state index in [4.69, 9.17) is 16.3 Å². The second-order valence-electron chi connectivity index (χ2n) is 7.84. The molecule has 0 aromatic rings. The van der Waals surface area contributed by atoms with Gasteiger partial charge < -0.3 is 20.3 Å². The molecule has 0 radical (unpaired) electrons. The number of hydrogen-bond donors (Lipinski definition) is 3. The van der Waals surface area contributed by atoms with Crippen molar-refractivity contribution in [3.8, 4) is 0 Å². The van der Waals surface area contributed by atoms with Gasteiger partial charge >= 0.3 is 0 Å². The monoisotopic (exact) mass is 437 g/mol. The average Bonchev–Trinajstić information content (AvgIpc) is 3.02. The zero-order valence-electron chi connectivity index (χ0n) is 16.8. The maximum Gasteiger partial charge on any atom is 0.237 e. The summed E-state index contributed by atoms with van der Waals surface area (Å²) in [6, 6.07) is -2.22. The summed E-state index contributed by atoms with van der Waals surface area (Å²) in [6.07, 6.45) is 1.10. The van der Waals surface area contributed by atoms with E-state index in [1.165, 1.54) is 11.8 Å². The molecule has 3 N–H and O–H groups in total. The molecule has 0 bridgehead atoms. The summed E-state index contributed by atoms with van der Waals surface area (Å²) in [5.74, 6) is 0.305. The molecule has 1 amide bonds. The number of amides is 1. The van der Waals surface area contributed by atoms with Crippen LogP contribution >= 0.6 is 23.4 Å². The third-order valence-corrected chi connectivity index (χ3v) is 6.88. The first kappa shape index (κ1) is 23.8. The molecule has 2 aliphatic rings. The molecular weight excluding hydrogens is 406 g/mol. The van der Waals surface area contributed by atoms with Crippen LogP contribution in [0.2, 0.25) is 0 Å². The molecule has 0 spiro atoms. The minimum absolute atomic E-state index is 0.173. The second-order valence-corrected chi connectivity index (χ2v) is 9.46. The molecule has 0 aromatic heterocycles. The van der Waals surface area contributed by atoms with E-state index < -0.39 is 41.2 Å². The van der Waals surface area contributed by atoms with E-state index in [2.05, 4.69) is 17.4 Å². The number of carbonyl (C=O) groups is 1. The lowest BCUT2D eigenvalue weighted by atomic mass is 9.91. The lowest BCUT2D eigenvalue weighted by Crippen LogP contribution is -2.64. The number of thioether (sulfide) groups is 1. The standard InChI is InChI=1S/C18H32ClN3O5S/c1-5-6-10-7-11(22(3)8-10)17(25)20-12(9(2)19)16-13(21-26)14(23)15(24)18(27-16)28-4/h9-16,18,23-24H,5-8H2,1-4H3,(H,20,25). The molecule has 8 nitrogen and oxygen atoms in total. The van der Waals surface area contributed by atoms with Gasteiger partial charge in [-0.1, -0.05) is 18.5 Å². The molecule has 2 rings (SSSR count). The van der Waals surface area contributed by atoms with Crippen LogP contribution in [0.4, 0.5) is 0 Å². The third kappa shape index (κ3) is 5.17. The lowest BCUT2D eigenvalue weighted by Gasteiger charge is -2.43. The SMILES string of the molecule is CCCC1CC(C(=O)NC(C(C)Cl)C2OC(SC)C(O)C(O)C2N=O)N(C)C1. The Morgan fingerprint density at radius 2 is 2.11 bits per heavy atom. The summed E-state index contributed by atoms with van der Waals surface area (Å²) in [6.45, 7) is 4.69. The molecule has 2 saturated heterocycles. The number of nitrogens with zero attached hydrogens (tertiary/aromatic N) is 2. The van der Waals surface area contributed by atoms with E-state index in [-0.39, 0.29) is 11.9 Å². The van der Waals surface area contributed by atoms with Gasteiger partial charge in [0.05, 0.1) is 17.5 Å². The highest BCUT2D eigenvalue weighted by molar-refractivity contribution is 7.99. The van der Waals surface area contributed by atoms with Crippen molar-refractivity contribution in [3.63, 3.8) is 0 Å². The topological polar surface area (TPSA) is 111 Å². The number of rotatable bonds is 8. The number of likely N-dealkylation sites (tertiary alicyclic amines) is 1. The second kappa shape index (κ2) is 10.5. The molecule has 162 valence electrons. The van der Waals surface area contributed by atoms with Crippen molar-refractivity contribution in [2.24, 2.45) is 11.1 Å². The summed E-state index contributed by atoms with van der Waals surface area (Å²) in [7, 11) is 1.93. The van der Waals surface area contributed by atoms with Crippen LogP contribution in [0.5, 0.6) is 0 Å². The van der Waals surface area contributed by atoms with Gasteiger partial charge in [0, 0.05) is 6.54 Å². The Balaban J connectivity index is 2.15. The number of halogens is 1. The smallest absolute Gasteiger partial charge is 0.237 e. The Bertz CT molecular complexity index is 543. The van der Waals surface area contributed by atoms with Crippen molar-refractivity contribution in [3.05, 3.63) is 4.91 Å². The van der Waals surface area contributed by atoms with E-state index in [0.29, 0.717) is 5.92 Å². The minimum Gasteiger partial charge on any atom is -0.388 e. The van der Waals surface area contributed by atoms with E-state index in [1.807, 2.05) is 11.9 Å². The predicted octanol–water partition coefficient (Wildman–Crippen LogP) is 1.16. The Labute approximate surface area is 175 Å². The normalized spacial score (nSPS) is 38.8. The van der Waals surface area contributed by atoms with Crippen LogP contribution in [-0.2, 0) is 9.53 Å². The molecule has 9 atom stereocenters.